The van der Waals surface area contributed by atoms with Crippen molar-refractivity contribution in [2.45, 2.75) is 30.7 Å². The van der Waals surface area contributed by atoms with Gasteiger partial charge < -0.3 is 10.1 Å². The van der Waals surface area contributed by atoms with Gasteiger partial charge in [0.1, 0.15) is 11.6 Å². The molecular weight excluding hydrogens is 371 g/mol. The molecule has 1 saturated carbocycles. The molecule has 1 aliphatic carbocycles. The molecule has 1 unspecified atom stereocenters. The van der Waals surface area contributed by atoms with Crippen LogP contribution in [0.2, 0.25) is 0 Å². The number of benzene rings is 2. The Morgan fingerprint density at radius 3 is 2.37 bits per heavy atom. The molecule has 0 aromatic heterocycles. The molecule has 144 valence electrons. The van der Waals surface area contributed by atoms with Crippen molar-refractivity contribution in [3.63, 3.8) is 0 Å². The van der Waals surface area contributed by atoms with Crippen molar-refractivity contribution in [2.24, 2.45) is 10.6 Å². The third-order valence-electron chi connectivity index (χ3n) is 5.09. The number of methoxy groups -OCH3 is 1. The summed E-state index contributed by atoms with van der Waals surface area (Å²) in [6.07, 6.45) is 0. The Balaban J connectivity index is 1.80. The van der Waals surface area contributed by atoms with Gasteiger partial charge in [-0.2, -0.15) is 0 Å². The summed E-state index contributed by atoms with van der Waals surface area (Å²) in [5.74, 6) is -0.656. The highest BCUT2D eigenvalue weighted by Gasteiger charge is 2.59. The largest absolute Gasteiger partial charge is 0.496 e. The molecule has 0 bridgehead atoms. The molecule has 0 heterocycles. The van der Waals surface area contributed by atoms with E-state index in [9.17, 15) is 17.6 Å². The lowest BCUT2D eigenvalue weighted by atomic mass is 10.0. The Hall–Kier alpha value is -2.45. The Morgan fingerprint density at radius 1 is 1.19 bits per heavy atom. The van der Waals surface area contributed by atoms with E-state index < -0.39 is 21.7 Å². The van der Waals surface area contributed by atoms with E-state index in [1.165, 1.54) is 31.4 Å². The van der Waals surface area contributed by atoms with Crippen LogP contribution in [0.1, 0.15) is 35.7 Å². The number of hydrogen-bond acceptors (Lipinski definition) is 4. The van der Waals surface area contributed by atoms with Gasteiger partial charge in [0.25, 0.3) is 5.91 Å². The maximum absolute atomic E-state index is 13.5. The van der Waals surface area contributed by atoms with Crippen molar-refractivity contribution in [1.29, 1.82) is 0 Å². The van der Waals surface area contributed by atoms with E-state index in [-0.39, 0.29) is 27.8 Å². The minimum Gasteiger partial charge on any atom is -0.496 e. The van der Waals surface area contributed by atoms with E-state index in [4.69, 9.17) is 9.88 Å². The van der Waals surface area contributed by atoms with Crippen LogP contribution < -0.4 is 15.2 Å². The average molecular weight is 392 g/mol. The summed E-state index contributed by atoms with van der Waals surface area (Å²) in [5, 5.41) is 8.05. The quantitative estimate of drug-likeness (QED) is 0.816. The predicted molar refractivity (Wildman–Crippen MR) is 98.5 cm³/mol. The molecular formula is C19H21FN2O4S. The molecule has 0 spiro atoms. The number of carbonyl (C=O) groups excluding carboxylic acids is 1. The first-order chi connectivity index (χ1) is 12.6. The number of ether oxygens (including phenoxy) is 1. The minimum absolute atomic E-state index is 0.00414. The van der Waals surface area contributed by atoms with Crippen LogP contribution in [0.5, 0.6) is 5.75 Å². The smallest absolute Gasteiger partial charge is 0.255 e. The molecule has 1 aliphatic rings. The van der Waals surface area contributed by atoms with E-state index in [0.717, 1.165) is 11.6 Å². The highest BCUT2D eigenvalue weighted by molar-refractivity contribution is 7.89. The summed E-state index contributed by atoms with van der Waals surface area (Å²) in [7, 11) is -2.34. The number of carbonyl (C=O) groups is 1. The lowest BCUT2D eigenvalue weighted by molar-refractivity contribution is 0.0942. The second-order valence-electron chi connectivity index (χ2n) is 7.21. The van der Waals surface area contributed by atoms with Gasteiger partial charge in [-0.1, -0.05) is 26.0 Å². The normalized spacial score (nSPS) is 20.8. The van der Waals surface area contributed by atoms with Crippen molar-refractivity contribution in [2.75, 3.05) is 7.11 Å². The summed E-state index contributed by atoms with van der Waals surface area (Å²) in [6, 6.07) is 9.89. The van der Waals surface area contributed by atoms with Gasteiger partial charge >= 0.3 is 0 Å². The molecule has 8 heteroatoms. The molecule has 1 fully saturated rings. The molecule has 27 heavy (non-hydrogen) atoms. The molecule has 6 nitrogen and oxygen atoms in total. The summed E-state index contributed by atoms with van der Waals surface area (Å²) >= 11 is 0. The predicted octanol–water partition coefficient (Wildman–Crippen LogP) is 2.40. The van der Waals surface area contributed by atoms with Gasteiger partial charge in [-0.15, -0.1) is 0 Å². The van der Waals surface area contributed by atoms with Gasteiger partial charge in [-0.3, -0.25) is 4.79 Å². The number of nitrogens with one attached hydrogen (secondary N) is 1. The van der Waals surface area contributed by atoms with Crippen molar-refractivity contribution >= 4 is 15.9 Å². The number of halogens is 1. The zero-order chi connectivity index (χ0) is 20.0. The molecule has 0 radical (unpaired) electrons. The van der Waals surface area contributed by atoms with Crippen molar-refractivity contribution < 1.29 is 22.3 Å². The van der Waals surface area contributed by atoms with Gasteiger partial charge in [0.05, 0.1) is 17.6 Å². The van der Waals surface area contributed by atoms with Crippen LogP contribution in [0.15, 0.2) is 47.4 Å². The van der Waals surface area contributed by atoms with Gasteiger partial charge in [0, 0.05) is 12.0 Å². The third-order valence-corrected chi connectivity index (χ3v) is 6.02. The third kappa shape index (κ3) is 3.68. The summed E-state index contributed by atoms with van der Waals surface area (Å²) < 4.78 is 41.4. The van der Waals surface area contributed by atoms with Gasteiger partial charge in [0.15, 0.2) is 0 Å². The zero-order valence-corrected chi connectivity index (χ0v) is 16.0. The molecule has 3 N–H and O–H groups in total. The Bertz CT molecular complexity index is 987. The molecule has 2 aromatic rings. The van der Waals surface area contributed by atoms with E-state index >= 15 is 0 Å². The first kappa shape index (κ1) is 19.3. The second-order valence-corrected chi connectivity index (χ2v) is 8.77. The van der Waals surface area contributed by atoms with Crippen molar-refractivity contribution in [3.8, 4) is 5.75 Å². The zero-order valence-electron chi connectivity index (χ0n) is 15.2. The molecule has 2 aromatic carbocycles. The summed E-state index contributed by atoms with van der Waals surface area (Å²) in [5.41, 5.74) is 0.784. The highest BCUT2D eigenvalue weighted by Crippen LogP contribution is 2.58. The van der Waals surface area contributed by atoms with Gasteiger partial charge in [0.2, 0.25) is 10.0 Å². The topological polar surface area (TPSA) is 98.5 Å². The van der Waals surface area contributed by atoms with Crippen molar-refractivity contribution in [3.05, 3.63) is 59.4 Å². The number of hydrogen-bond donors (Lipinski definition) is 2. The lowest BCUT2D eigenvalue weighted by Crippen LogP contribution is -2.29. The lowest BCUT2D eigenvalue weighted by Gasteiger charge is -2.10. The number of nitrogens with two attached hydrogens (primary N) is 1. The maximum Gasteiger partial charge on any atom is 0.255 e. The molecule has 1 amide bonds. The molecule has 0 aliphatic heterocycles. The molecule has 2 atom stereocenters. The van der Waals surface area contributed by atoms with Crippen LogP contribution in [0, 0.1) is 11.2 Å². The van der Waals surface area contributed by atoms with Gasteiger partial charge in [-0.05, 0) is 41.3 Å². The first-order valence-electron chi connectivity index (χ1n) is 8.33. The average Bonchev–Trinajstić information content (AvgIpc) is 3.14. The number of primary sulfonamides is 1. The maximum atomic E-state index is 13.5. The summed E-state index contributed by atoms with van der Waals surface area (Å²) in [4.78, 5) is 12.7. The second kappa shape index (κ2) is 6.61. The van der Waals surface area contributed by atoms with Crippen LogP contribution >= 0.6 is 0 Å². The SMILES string of the molecule is COc1ccc(F)cc1C(=O)NC1[C@H](c2ccc(S(N)(=O)=O)cc2)C1(C)C. The van der Waals surface area contributed by atoms with Crippen LogP contribution in [-0.4, -0.2) is 27.5 Å². The number of sulfonamides is 1. The fourth-order valence-corrected chi connectivity index (χ4v) is 3.99. The van der Waals surface area contributed by atoms with Gasteiger partial charge in [-0.25, -0.2) is 17.9 Å². The van der Waals surface area contributed by atoms with Crippen molar-refractivity contribution in [1.82, 2.24) is 5.32 Å². The number of rotatable bonds is 5. The number of amides is 1. The van der Waals surface area contributed by atoms with E-state index in [1.807, 2.05) is 13.8 Å². The Labute approximate surface area is 157 Å². The van der Waals surface area contributed by atoms with E-state index in [0.29, 0.717) is 5.75 Å². The highest BCUT2D eigenvalue weighted by atomic mass is 32.2. The van der Waals surface area contributed by atoms with E-state index in [1.54, 1.807) is 12.1 Å². The summed E-state index contributed by atoms with van der Waals surface area (Å²) in [6.45, 7) is 4.00. The van der Waals surface area contributed by atoms with E-state index in [2.05, 4.69) is 5.32 Å². The van der Waals surface area contributed by atoms with Crippen LogP contribution in [0.25, 0.3) is 0 Å². The standard InChI is InChI=1S/C19H21FN2O4S/c1-19(2)16(11-4-7-13(8-5-11)27(21,24)25)17(19)22-18(23)14-10-12(20)6-9-15(14)26-3/h4-10,16-17H,1-3H3,(H,22,23)(H2,21,24,25)/t16-,17?/m0/s1. The van der Waals surface area contributed by atoms with Crippen LogP contribution in [-0.2, 0) is 10.0 Å². The first-order valence-corrected chi connectivity index (χ1v) is 9.87. The molecule has 0 saturated heterocycles. The fourth-order valence-electron chi connectivity index (χ4n) is 3.47. The Kier molecular flexibility index (Phi) is 4.73. The van der Waals surface area contributed by atoms with Crippen LogP contribution in [0.4, 0.5) is 4.39 Å². The molecule has 3 rings (SSSR count). The monoisotopic (exact) mass is 392 g/mol. The Morgan fingerprint density at radius 2 is 1.81 bits per heavy atom. The minimum atomic E-state index is -3.75. The fraction of sp³-hybridized carbons (Fsp3) is 0.316. The van der Waals surface area contributed by atoms with Crippen LogP contribution in [0.3, 0.4) is 0 Å².